The Balaban J connectivity index is 1.10. The van der Waals surface area contributed by atoms with Crippen molar-refractivity contribution in [1.82, 2.24) is 15.2 Å². The number of rotatable bonds is 8. The highest BCUT2D eigenvalue weighted by Crippen LogP contribution is 2.43. The highest BCUT2D eigenvalue weighted by atomic mass is 32.2. The zero-order valence-electron chi connectivity index (χ0n) is 22.3. The summed E-state index contributed by atoms with van der Waals surface area (Å²) in [5, 5.41) is 34.8. The molecule has 0 bridgehead atoms. The maximum Gasteiger partial charge on any atom is 0.352 e. The van der Waals surface area contributed by atoms with Crippen molar-refractivity contribution in [2.24, 2.45) is 0 Å². The number of hydrogen-bond donors (Lipinski definition) is 4. The lowest BCUT2D eigenvalue weighted by atomic mass is 9.89. The Labute approximate surface area is 242 Å². The van der Waals surface area contributed by atoms with Crippen molar-refractivity contribution in [2.75, 3.05) is 19.0 Å². The monoisotopic (exact) mass is 594 g/mol. The van der Waals surface area contributed by atoms with Crippen molar-refractivity contribution in [3.05, 3.63) is 68.9 Å². The lowest BCUT2D eigenvalue weighted by molar-refractivity contribution is -0.384. The Morgan fingerprint density at radius 3 is 2.76 bits per heavy atom. The maximum absolute atomic E-state index is 12.7. The fourth-order valence-electron chi connectivity index (χ4n) is 5.72. The first-order valence-corrected chi connectivity index (χ1v) is 14.2. The summed E-state index contributed by atoms with van der Waals surface area (Å²) in [7, 11) is 0. The van der Waals surface area contributed by atoms with E-state index in [1.807, 2.05) is 12.1 Å². The van der Waals surface area contributed by atoms with E-state index in [-0.39, 0.29) is 30.4 Å². The minimum Gasteiger partial charge on any atom is -0.484 e. The molecule has 6 rings (SSSR count). The Hall–Kier alpha value is -4.56. The predicted molar refractivity (Wildman–Crippen MR) is 151 cm³/mol. The van der Waals surface area contributed by atoms with E-state index >= 15 is 0 Å². The number of H-pyrrole nitrogens is 1. The van der Waals surface area contributed by atoms with E-state index in [0.717, 1.165) is 40.6 Å². The number of aliphatic hydroxyl groups excluding tert-OH is 1. The first-order chi connectivity index (χ1) is 20.1. The summed E-state index contributed by atoms with van der Waals surface area (Å²) in [4.78, 5) is 51.2. The number of carboxylic acid groups (broad SMARTS) is 1. The second-order valence-electron chi connectivity index (χ2n) is 10.2. The number of hydrogen-bond acceptors (Lipinski definition) is 10. The number of carboxylic acids is 1. The van der Waals surface area contributed by atoms with Crippen LogP contribution in [-0.2, 0) is 32.0 Å². The molecule has 3 heterocycles. The third-order valence-corrected chi connectivity index (χ3v) is 9.03. The molecule has 1 amide bonds. The topological polar surface area (TPSA) is 184 Å². The van der Waals surface area contributed by atoms with Gasteiger partial charge in [0.1, 0.15) is 29.5 Å². The number of nitrogens with zero attached hydrogens (tertiary/aromatic N) is 2. The lowest BCUT2D eigenvalue weighted by Gasteiger charge is -2.55. The van der Waals surface area contributed by atoms with Crippen LogP contribution in [0.2, 0.25) is 0 Å². The quantitative estimate of drug-likeness (QED) is 0.170. The van der Waals surface area contributed by atoms with Crippen LogP contribution in [0.5, 0.6) is 5.75 Å². The number of amides is 1. The fourth-order valence-corrected chi connectivity index (χ4v) is 7.12. The molecular weight excluding hydrogens is 568 g/mol. The van der Waals surface area contributed by atoms with Gasteiger partial charge in [-0.3, -0.25) is 19.7 Å². The predicted octanol–water partition coefficient (Wildman–Crippen LogP) is 2.31. The molecule has 0 unspecified atom stereocenters. The Kier molecular flexibility index (Phi) is 7.02. The third-order valence-electron chi connectivity index (χ3n) is 7.65. The molecule has 4 N–H and O–H groups in total. The van der Waals surface area contributed by atoms with Gasteiger partial charge >= 0.3 is 11.9 Å². The van der Waals surface area contributed by atoms with Gasteiger partial charge in [-0.05, 0) is 48.2 Å². The highest BCUT2D eigenvalue weighted by Gasteiger charge is 2.53. The summed E-state index contributed by atoms with van der Waals surface area (Å²) in [6.07, 6.45) is 0.215. The van der Waals surface area contributed by atoms with E-state index in [9.17, 15) is 34.7 Å². The van der Waals surface area contributed by atoms with Gasteiger partial charge < -0.3 is 34.9 Å². The number of nitro groups is 1. The van der Waals surface area contributed by atoms with E-state index in [2.05, 4.69) is 10.3 Å². The van der Waals surface area contributed by atoms with E-state index in [1.54, 1.807) is 12.1 Å². The van der Waals surface area contributed by atoms with Crippen LogP contribution in [0.25, 0.3) is 22.2 Å². The van der Waals surface area contributed by atoms with Gasteiger partial charge in [0.2, 0.25) is 0 Å². The minimum atomic E-state index is -1.26. The van der Waals surface area contributed by atoms with Gasteiger partial charge in [0.25, 0.3) is 11.6 Å². The molecule has 14 heteroatoms. The lowest BCUT2D eigenvalue weighted by Crippen LogP contribution is -2.73. The van der Waals surface area contributed by atoms with Gasteiger partial charge in [-0.25, -0.2) is 4.79 Å². The number of benzene rings is 2. The number of nitrogens with one attached hydrogen (secondary N) is 2. The summed E-state index contributed by atoms with van der Waals surface area (Å²) >= 11 is 1.34. The third kappa shape index (κ3) is 4.81. The number of thioether (sulfide) groups is 1. The summed E-state index contributed by atoms with van der Waals surface area (Å²) in [6, 6.07) is 9.61. The minimum absolute atomic E-state index is 0.0235. The van der Waals surface area contributed by atoms with Crippen LogP contribution in [0.1, 0.15) is 18.1 Å². The molecule has 1 aromatic heterocycles. The number of aryl methyl sites for hydroxylation is 2. The first-order valence-electron chi connectivity index (χ1n) is 13.1. The Morgan fingerprint density at radius 1 is 1.21 bits per heavy atom. The van der Waals surface area contributed by atoms with E-state index < -0.39 is 40.4 Å². The molecule has 2 aliphatic heterocycles. The van der Waals surface area contributed by atoms with Gasteiger partial charge in [-0.15, -0.1) is 11.8 Å². The van der Waals surface area contributed by atoms with Crippen LogP contribution >= 0.6 is 11.8 Å². The second kappa shape index (κ2) is 10.7. The normalized spacial score (nSPS) is 20.6. The molecule has 1 aliphatic carbocycles. The number of non-ortho nitro benzene ring substituents is 1. The number of aromatic nitrogens is 1. The summed E-state index contributed by atoms with van der Waals surface area (Å²) in [5.41, 5.74) is 4.98. The molecular formula is C28H26N4O9S. The molecule has 1 saturated heterocycles. The van der Waals surface area contributed by atoms with Crippen LogP contribution in [-0.4, -0.2) is 79.5 Å². The number of ether oxygens (including phenoxy) is 2. The molecule has 218 valence electrons. The second-order valence-corrected chi connectivity index (χ2v) is 11.3. The van der Waals surface area contributed by atoms with Gasteiger partial charge in [0.15, 0.2) is 12.8 Å². The van der Waals surface area contributed by atoms with Crippen molar-refractivity contribution in [2.45, 2.75) is 37.4 Å². The van der Waals surface area contributed by atoms with E-state index in [4.69, 9.17) is 9.47 Å². The first kappa shape index (κ1) is 27.6. The standard InChI is InChI=1S/C28H26N4O9S/c1-13(33)40-10-15-12-42-27-24(26(35)31(27)25(15)28(36)37)30-22(34)11-41-17-4-7-18-14(8-17)2-5-20-19-6-3-16(32(38)39)9-21(19)29-23(18)20/h3-4,6-9,24,26-27,29,35H,2,5,10-12H2,1H3,(H,30,34)(H,36,37)/t24-,26-,27-/m1/s1. The molecule has 0 radical (unpaired) electrons. The van der Waals surface area contributed by atoms with Crippen LogP contribution in [0.4, 0.5) is 5.69 Å². The van der Waals surface area contributed by atoms with Gasteiger partial charge in [-0.2, -0.15) is 0 Å². The zero-order valence-corrected chi connectivity index (χ0v) is 23.1. The van der Waals surface area contributed by atoms with Gasteiger partial charge in [0.05, 0.1) is 10.4 Å². The van der Waals surface area contributed by atoms with Crippen molar-refractivity contribution >= 4 is 46.2 Å². The van der Waals surface area contributed by atoms with Crippen LogP contribution < -0.4 is 10.1 Å². The van der Waals surface area contributed by atoms with Crippen LogP contribution in [0, 0.1) is 10.1 Å². The Morgan fingerprint density at radius 2 is 2.02 bits per heavy atom. The number of carbonyl (C=O) groups excluding carboxylic acids is 2. The fraction of sp³-hybridized carbons (Fsp3) is 0.321. The SMILES string of the molecule is CC(=O)OCC1=C(C(=O)O)N2[C@H](O)[C@@H](NC(=O)COc3ccc4c(c3)CCc3c-4[nH]c4cc([N+](=O)[O-])ccc34)[C@H]2SC1. The number of aliphatic carboxylic acids is 1. The molecule has 3 atom stereocenters. The molecule has 1 fully saturated rings. The summed E-state index contributed by atoms with van der Waals surface area (Å²) in [5.74, 6) is -1.49. The molecule has 2 aromatic carbocycles. The smallest absolute Gasteiger partial charge is 0.352 e. The maximum atomic E-state index is 12.7. The average molecular weight is 595 g/mol. The highest BCUT2D eigenvalue weighted by molar-refractivity contribution is 8.00. The average Bonchev–Trinajstić information content (AvgIpc) is 3.35. The van der Waals surface area contributed by atoms with Crippen molar-refractivity contribution in [3.8, 4) is 17.0 Å². The van der Waals surface area contributed by atoms with Crippen molar-refractivity contribution in [1.29, 1.82) is 0 Å². The molecule has 3 aromatic rings. The molecule has 0 spiro atoms. The number of nitro benzene ring substituents is 1. The molecule has 42 heavy (non-hydrogen) atoms. The van der Waals surface area contributed by atoms with Crippen LogP contribution in [0.15, 0.2) is 47.7 Å². The molecule has 3 aliphatic rings. The number of aliphatic hydroxyl groups is 1. The van der Waals surface area contributed by atoms with Crippen molar-refractivity contribution in [3.63, 3.8) is 0 Å². The Bertz CT molecular complexity index is 1680. The van der Waals surface area contributed by atoms with Crippen LogP contribution in [0.3, 0.4) is 0 Å². The van der Waals surface area contributed by atoms with Gasteiger partial charge in [0, 0.05) is 47.0 Å². The summed E-state index contributed by atoms with van der Waals surface area (Å²) in [6.45, 7) is 0.738. The largest absolute Gasteiger partial charge is 0.484 e. The number of carbonyl (C=O) groups is 3. The molecule has 13 nitrogen and oxygen atoms in total. The van der Waals surface area contributed by atoms with Gasteiger partial charge in [-0.1, -0.05) is 0 Å². The molecule has 0 saturated carbocycles. The van der Waals surface area contributed by atoms with E-state index in [0.29, 0.717) is 16.8 Å². The summed E-state index contributed by atoms with van der Waals surface area (Å²) < 4.78 is 10.7. The van der Waals surface area contributed by atoms with E-state index in [1.165, 1.54) is 35.7 Å². The zero-order chi connectivity index (χ0) is 29.7. The van der Waals surface area contributed by atoms with Crippen molar-refractivity contribution < 1.29 is 39.0 Å². The number of aromatic amines is 1. The number of esters is 1. The number of fused-ring (bicyclic) bond motifs is 6.